The number of carbonyl (C=O) groups is 2. The maximum Gasteiger partial charge on any atom is 0.607 e. The van der Waals surface area contributed by atoms with E-state index in [0.29, 0.717) is 0 Å². The molecular weight excluding hydrogens is 173 g/mol. The van der Waals surface area contributed by atoms with Crippen molar-refractivity contribution >= 4 is 18.6 Å². The first-order valence-electron chi connectivity index (χ1n) is 4.07. The molecule has 2 saturated heterocycles. The Labute approximate surface area is 75.5 Å². The molecule has 2 aliphatic heterocycles. The van der Waals surface area contributed by atoms with E-state index in [1.807, 2.05) is 0 Å². The minimum atomic E-state index is -1.97. The maximum atomic E-state index is 11.1. The second kappa shape index (κ2) is 2.14. The van der Waals surface area contributed by atoms with Crippen LogP contribution in [0.4, 0.5) is 0 Å². The van der Waals surface area contributed by atoms with Crippen LogP contribution in [-0.4, -0.2) is 43.2 Å². The fourth-order valence-corrected chi connectivity index (χ4v) is 1.98. The average Bonchev–Trinajstić information content (AvgIpc) is 2.34. The molecule has 0 aromatic carbocycles. The number of nitrogens with zero attached hydrogens (tertiary/aromatic N) is 1. The number of fused-ring (bicyclic) bond motifs is 1. The van der Waals surface area contributed by atoms with Crippen molar-refractivity contribution in [1.29, 1.82) is 0 Å². The van der Waals surface area contributed by atoms with Gasteiger partial charge < -0.3 is 13.7 Å². The molecule has 13 heavy (non-hydrogen) atoms. The lowest BCUT2D eigenvalue weighted by Crippen LogP contribution is -2.58. The van der Waals surface area contributed by atoms with E-state index in [9.17, 15) is 9.59 Å². The number of hydrogen-bond acceptors (Lipinski definition) is 4. The van der Waals surface area contributed by atoms with Gasteiger partial charge in [0, 0.05) is 7.05 Å². The molecule has 0 radical (unpaired) electrons. The molecule has 0 aliphatic carbocycles. The number of carbonyl (C=O) groups excluding carboxylic acids is 2. The van der Waals surface area contributed by atoms with Gasteiger partial charge in [-0.2, -0.15) is 0 Å². The Morgan fingerprint density at radius 1 is 1.38 bits per heavy atom. The van der Waals surface area contributed by atoms with Crippen LogP contribution in [-0.2, 0) is 18.9 Å². The van der Waals surface area contributed by atoms with E-state index in [-0.39, 0.29) is 29.4 Å². The van der Waals surface area contributed by atoms with Gasteiger partial charge in [-0.25, -0.2) is 0 Å². The zero-order valence-corrected chi connectivity index (χ0v) is 7.36. The molecule has 0 atom stereocenters. The predicted molar refractivity (Wildman–Crippen MR) is 44.1 cm³/mol. The SMILES string of the molecule is C=C[B-]12OC(=O)C[N+]1(C)CC(=O)O2. The lowest BCUT2D eigenvalue weighted by atomic mass is 9.69. The van der Waals surface area contributed by atoms with Gasteiger partial charge in [-0.3, -0.25) is 9.59 Å². The van der Waals surface area contributed by atoms with Crippen LogP contribution in [0, 0.1) is 0 Å². The Kier molecular flexibility index (Phi) is 1.37. The molecule has 2 heterocycles. The van der Waals surface area contributed by atoms with E-state index in [1.165, 1.54) is 5.98 Å². The van der Waals surface area contributed by atoms with Gasteiger partial charge in [0.2, 0.25) is 0 Å². The summed E-state index contributed by atoms with van der Waals surface area (Å²) in [6.07, 6.45) is 0. The summed E-state index contributed by atoms with van der Waals surface area (Å²) in [5.74, 6) is 0.750. The molecule has 0 saturated carbocycles. The number of quaternary nitrogens is 1. The van der Waals surface area contributed by atoms with E-state index in [0.717, 1.165) is 0 Å². The van der Waals surface area contributed by atoms with Crippen LogP contribution in [0.25, 0.3) is 0 Å². The third-order valence-electron chi connectivity index (χ3n) is 2.75. The van der Waals surface area contributed by atoms with Crippen LogP contribution in [0.3, 0.4) is 0 Å². The van der Waals surface area contributed by atoms with E-state index in [1.54, 1.807) is 7.05 Å². The molecule has 0 spiro atoms. The first-order valence-corrected chi connectivity index (χ1v) is 4.07. The zero-order valence-electron chi connectivity index (χ0n) is 7.36. The summed E-state index contributed by atoms with van der Waals surface area (Å²) in [6, 6.07) is 0. The van der Waals surface area contributed by atoms with Crippen molar-refractivity contribution in [3.05, 3.63) is 12.6 Å². The van der Waals surface area contributed by atoms with Gasteiger partial charge in [-0.1, -0.05) is 5.98 Å². The molecule has 0 amide bonds. The Bertz CT molecular complexity index is 294. The molecule has 0 aromatic heterocycles. The van der Waals surface area contributed by atoms with Crippen molar-refractivity contribution < 1.29 is 23.3 Å². The van der Waals surface area contributed by atoms with Crippen LogP contribution in [0.2, 0.25) is 0 Å². The summed E-state index contributed by atoms with van der Waals surface area (Å²) in [7, 11) is 1.76. The van der Waals surface area contributed by atoms with Crippen molar-refractivity contribution in [3.8, 4) is 0 Å². The fourth-order valence-electron chi connectivity index (χ4n) is 1.98. The summed E-state index contributed by atoms with van der Waals surface area (Å²) in [5, 5.41) is 0. The zero-order chi connectivity index (χ0) is 9.69. The summed E-state index contributed by atoms with van der Waals surface area (Å²) >= 11 is 0. The first-order chi connectivity index (χ1) is 6.01. The Hall–Kier alpha value is -1.30. The minimum absolute atomic E-state index is 0.178. The van der Waals surface area contributed by atoms with Gasteiger partial charge in [-0.05, 0) is 0 Å². The lowest BCUT2D eigenvalue weighted by molar-refractivity contribution is -0.791. The Balaban J connectivity index is 2.45. The summed E-state index contributed by atoms with van der Waals surface area (Å²) in [5.41, 5.74) is 0. The topological polar surface area (TPSA) is 52.6 Å². The molecule has 2 rings (SSSR count). The molecule has 70 valence electrons. The summed E-state index contributed by atoms with van der Waals surface area (Å²) < 4.78 is 10.2. The van der Waals surface area contributed by atoms with Crippen LogP contribution in [0.15, 0.2) is 12.6 Å². The highest BCUT2D eigenvalue weighted by molar-refractivity contribution is 6.70. The molecule has 0 aromatic rings. The lowest BCUT2D eigenvalue weighted by Gasteiger charge is -2.37. The summed E-state index contributed by atoms with van der Waals surface area (Å²) in [4.78, 5) is 22.1. The predicted octanol–water partition coefficient (Wildman–Crippen LogP) is -0.789. The van der Waals surface area contributed by atoms with E-state index in [2.05, 4.69) is 6.58 Å². The van der Waals surface area contributed by atoms with Crippen molar-refractivity contribution in [2.45, 2.75) is 0 Å². The quantitative estimate of drug-likeness (QED) is 0.500. The van der Waals surface area contributed by atoms with E-state index in [4.69, 9.17) is 9.31 Å². The fraction of sp³-hybridized carbons (Fsp3) is 0.429. The molecule has 0 N–H and O–H groups in total. The monoisotopic (exact) mass is 183 g/mol. The normalized spacial score (nSPS) is 42.5. The van der Waals surface area contributed by atoms with Crippen molar-refractivity contribution in [2.75, 3.05) is 20.1 Å². The van der Waals surface area contributed by atoms with Crippen molar-refractivity contribution in [2.24, 2.45) is 0 Å². The molecule has 2 aliphatic rings. The minimum Gasteiger partial charge on any atom is -0.596 e. The highest BCUT2D eigenvalue weighted by Gasteiger charge is 2.62. The van der Waals surface area contributed by atoms with Crippen molar-refractivity contribution in [1.82, 2.24) is 0 Å². The second-order valence-corrected chi connectivity index (χ2v) is 3.74. The molecule has 2 fully saturated rings. The standard InChI is InChI=1S/C7H10BNO4/c1-3-8-9(2,4-6(10)12-8)5-7(11)13-8/h3H,1,4-5H2,2H3. The van der Waals surface area contributed by atoms with E-state index < -0.39 is 6.69 Å². The molecule has 6 heteroatoms. The van der Waals surface area contributed by atoms with Crippen LogP contribution < -0.4 is 0 Å². The highest BCUT2D eigenvalue weighted by atomic mass is 16.7. The number of rotatable bonds is 1. The molecule has 0 unspecified atom stereocenters. The van der Waals surface area contributed by atoms with Crippen molar-refractivity contribution in [3.63, 3.8) is 0 Å². The maximum absolute atomic E-state index is 11.1. The van der Waals surface area contributed by atoms with Crippen LogP contribution in [0.5, 0.6) is 0 Å². The van der Waals surface area contributed by atoms with E-state index >= 15 is 0 Å². The van der Waals surface area contributed by atoms with Gasteiger partial charge in [-0.15, -0.1) is 6.58 Å². The largest absolute Gasteiger partial charge is 0.607 e. The van der Waals surface area contributed by atoms with Gasteiger partial charge in [0.15, 0.2) is 0 Å². The van der Waals surface area contributed by atoms with Crippen LogP contribution in [0.1, 0.15) is 0 Å². The molecule has 0 bridgehead atoms. The number of hydrogen-bond donors (Lipinski definition) is 0. The molecule has 5 nitrogen and oxygen atoms in total. The summed E-state index contributed by atoms with van der Waals surface area (Å²) in [6.45, 7) is 1.94. The smallest absolute Gasteiger partial charge is 0.596 e. The van der Waals surface area contributed by atoms with Gasteiger partial charge >= 0.3 is 18.6 Å². The Morgan fingerprint density at radius 2 is 1.85 bits per heavy atom. The molecular formula is C7H10BNO4. The van der Waals surface area contributed by atoms with Gasteiger partial charge in [0.25, 0.3) is 0 Å². The van der Waals surface area contributed by atoms with Crippen LogP contribution >= 0.6 is 0 Å². The van der Waals surface area contributed by atoms with Gasteiger partial charge in [0.05, 0.1) is 0 Å². The third-order valence-corrected chi connectivity index (χ3v) is 2.75. The number of likely N-dealkylation sites (N-methyl/N-ethyl adjacent to an activating group) is 1. The average molecular weight is 183 g/mol. The van der Waals surface area contributed by atoms with Gasteiger partial charge in [0.1, 0.15) is 13.1 Å². The Morgan fingerprint density at radius 3 is 2.15 bits per heavy atom. The third kappa shape index (κ3) is 0.860. The highest BCUT2D eigenvalue weighted by Crippen LogP contribution is 2.33. The first kappa shape index (κ1) is 8.31. The second-order valence-electron chi connectivity index (χ2n) is 3.74.